The lowest BCUT2D eigenvalue weighted by molar-refractivity contribution is -0.136. The van der Waals surface area contributed by atoms with Gasteiger partial charge in [-0.3, -0.25) is 4.79 Å². The number of nitrogens with one attached hydrogen (secondary N) is 1. The van der Waals surface area contributed by atoms with Crippen molar-refractivity contribution in [1.82, 2.24) is 9.97 Å². The molecule has 0 spiro atoms. The van der Waals surface area contributed by atoms with Gasteiger partial charge in [0.05, 0.1) is 0 Å². The summed E-state index contributed by atoms with van der Waals surface area (Å²) in [5.41, 5.74) is 7.59. The Bertz CT molecular complexity index is 479. The number of carboxylic acids is 1. The number of hydrogen-bond acceptors (Lipinski definition) is 4. The van der Waals surface area contributed by atoms with Crippen LogP contribution in [0.1, 0.15) is 36.4 Å². The van der Waals surface area contributed by atoms with Crippen molar-refractivity contribution in [3.05, 3.63) is 16.0 Å². The predicted octanol–water partition coefficient (Wildman–Crippen LogP) is 1.62. The van der Waals surface area contributed by atoms with Gasteiger partial charge in [-0.1, -0.05) is 0 Å². The van der Waals surface area contributed by atoms with Gasteiger partial charge >= 0.3 is 5.97 Å². The first kappa shape index (κ1) is 11.1. The summed E-state index contributed by atoms with van der Waals surface area (Å²) < 4.78 is 0.374. The average molecular weight is 239 g/mol. The van der Waals surface area contributed by atoms with E-state index in [9.17, 15) is 4.79 Å². The molecule has 1 aromatic heterocycles. The second kappa shape index (κ2) is 4.21. The summed E-state index contributed by atoms with van der Waals surface area (Å²) in [5.74, 6) is -0.00806. The van der Waals surface area contributed by atoms with E-state index in [4.69, 9.17) is 23.1 Å². The first-order valence-electron chi connectivity index (χ1n) is 5.18. The number of anilines is 1. The van der Waals surface area contributed by atoms with Crippen LogP contribution in [0.4, 0.5) is 5.82 Å². The Morgan fingerprint density at radius 1 is 1.62 bits per heavy atom. The van der Waals surface area contributed by atoms with E-state index in [2.05, 4.69) is 9.97 Å². The molecular weight excluding hydrogens is 226 g/mol. The lowest BCUT2D eigenvalue weighted by Gasteiger charge is -2.09. The van der Waals surface area contributed by atoms with Gasteiger partial charge in [0.15, 0.2) is 4.77 Å². The van der Waals surface area contributed by atoms with Crippen LogP contribution in [0.15, 0.2) is 0 Å². The zero-order valence-corrected chi connectivity index (χ0v) is 9.51. The number of nitrogens with two attached hydrogens (primary N) is 1. The molecule has 0 aromatic carbocycles. The molecule has 16 heavy (non-hydrogen) atoms. The summed E-state index contributed by atoms with van der Waals surface area (Å²) in [4.78, 5) is 17.6. The zero-order valence-electron chi connectivity index (χ0n) is 8.69. The molecule has 86 valence electrons. The smallest absolute Gasteiger partial charge is 0.303 e. The highest BCUT2D eigenvalue weighted by atomic mass is 32.1. The number of aliphatic carboxylic acids is 1. The van der Waals surface area contributed by atoms with E-state index in [-0.39, 0.29) is 6.42 Å². The van der Waals surface area contributed by atoms with Gasteiger partial charge in [-0.25, -0.2) is 4.98 Å². The van der Waals surface area contributed by atoms with Crippen LogP contribution < -0.4 is 5.73 Å². The molecule has 0 radical (unpaired) electrons. The molecule has 0 atom stereocenters. The average Bonchev–Trinajstić information content (AvgIpc) is 2.97. The number of carbonyl (C=O) groups is 1. The van der Waals surface area contributed by atoms with E-state index in [0.717, 1.165) is 24.1 Å². The topological polar surface area (TPSA) is 92.0 Å². The van der Waals surface area contributed by atoms with Crippen LogP contribution in [0, 0.1) is 4.77 Å². The number of nitrogen functional groups attached to an aromatic ring is 1. The third-order valence-corrected chi connectivity index (χ3v) is 2.87. The molecule has 1 fully saturated rings. The first-order chi connectivity index (χ1) is 7.58. The van der Waals surface area contributed by atoms with Gasteiger partial charge in [-0.2, -0.15) is 0 Å². The van der Waals surface area contributed by atoms with Crippen LogP contribution in [-0.2, 0) is 11.2 Å². The largest absolute Gasteiger partial charge is 0.481 e. The molecule has 1 aromatic rings. The number of hydrogen-bond donors (Lipinski definition) is 3. The van der Waals surface area contributed by atoms with Gasteiger partial charge in [-0.15, -0.1) is 0 Å². The van der Waals surface area contributed by atoms with Crippen LogP contribution in [0.25, 0.3) is 0 Å². The van der Waals surface area contributed by atoms with Crippen LogP contribution in [0.3, 0.4) is 0 Å². The number of carboxylic acid groups (broad SMARTS) is 1. The van der Waals surface area contributed by atoms with E-state index >= 15 is 0 Å². The number of aromatic amines is 1. The summed E-state index contributed by atoms with van der Waals surface area (Å²) in [5, 5.41) is 8.67. The minimum absolute atomic E-state index is 0.0657. The van der Waals surface area contributed by atoms with Crippen molar-refractivity contribution in [3.63, 3.8) is 0 Å². The number of aromatic nitrogens is 2. The Balaban J connectivity index is 2.33. The number of H-pyrrole nitrogens is 1. The summed E-state index contributed by atoms with van der Waals surface area (Å²) >= 11 is 4.97. The highest BCUT2D eigenvalue weighted by molar-refractivity contribution is 7.71. The number of nitrogens with zero attached hydrogens (tertiary/aromatic N) is 1. The van der Waals surface area contributed by atoms with Crippen molar-refractivity contribution >= 4 is 24.0 Å². The maximum absolute atomic E-state index is 10.6. The van der Waals surface area contributed by atoms with E-state index in [1.165, 1.54) is 0 Å². The Labute approximate surface area is 97.7 Å². The third-order valence-electron chi connectivity index (χ3n) is 2.67. The van der Waals surface area contributed by atoms with Crippen LogP contribution in [0.2, 0.25) is 0 Å². The number of rotatable bonds is 4. The van der Waals surface area contributed by atoms with E-state index in [0.29, 0.717) is 22.9 Å². The van der Waals surface area contributed by atoms with Crippen molar-refractivity contribution in [2.75, 3.05) is 5.73 Å². The quantitative estimate of drug-likeness (QED) is 0.694. The summed E-state index contributed by atoms with van der Waals surface area (Å²) in [6, 6.07) is 0. The minimum Gasteiger partial charge on any atom is -0.481 e. The molecule has 4 N–H and O–H groups in total. The molecule has 5 nitrogen and oxygen atoms in total. The highest BCUT2D eigenvalue weighted by Gasteiger charge is 2.28. The lowest BCUT2D eigenvalue weighted by Crippen LogP contribution is -2.08. The molecule has 0 aliphatic heterocycles. The van der Waals surface area contributed by atoms with Crippen LogP contribution in [-0.4, -0.2) is 21.0 Å². The third kappa shape index (κ3) is 2.38. The minimum atomic E-state index is -0.830. The summed E-state index contributed by atoms with van der Waals surface area (Å²) in [6.45, 7) is 0. The molecule has 0 saturated heterocycles. The first-order valence-corrected chi connectivity index (χ1v) is 5.59. The maximum Gasteiger partial charge on any atom is 0.303 e. The normalized spacial score (nSPS) is 15.0. The fraction of sp³-hybridized carbons (Fsp3) is 0.500. The zero-order chi connectivity index (χ0) is 11.7. The molecule has 1 aliphatic carbocycles. The Kier molecular flexibility index (Phi) is 2.91. The second-order valence-corrected chi connectivity index (χ2v) is 4.37. The fourth-order valence-corrected chi connectivity index (χ4v) is 1.96. The van der Waals surface area contributed by atoms with Crippen LogP contribution in [0.5, 0.6) is 0 Å². The van der Waals surface area contributed by atoms with Crippen molar-refractivity contribution in [2.24, 2.45) is 0 Å². The monoisotopic (exact) mass is 239 g/mol. The van der Waals surface area contributed by atoms with Crippen molar-refractivity contribution < 1.29 is 9.90 Å². The van der Waals surface area contributed by atoms with Crippen molar-refractivity contribution in [3.8, 4) is 0 Å². The molecule has 1 heterocycles. The molecule has 0 amide bonds. The van der Waals surface area contributed by atoms with Gasteiger partial charge in [-0.05, 0) is 37.4 Å². The predicted molar refractivity (Wildman–Crippen MR) is 61.8 cm³/mol. The molecule has 6 heteroatoms. The van der Waals surface area contributed by atoms with Crippen LogP contribution >= 0.6 is 12.2 Å². The summed E-state index contributed by atoms with van der Waals surface area (Å²) in [7, 11) is 0. The van der Waals surface area contributed by atoms with Gasteiger partial charge in [0.25, 0.3) is 0 Å². The van der Waals surface area contributed by atoms with Gasteiger partial charge in [0.1, 0.15) is 5.82 Å². The second-order valence-electron chi connectivity index (χ2n) is 3.99. The fourth-order valence-electron chi connectivity index (χ4n) is 1.75. The van der Waals surface area contributed by atoms with E-state index in [1.54, 1.807) is 0 Å². The highest BCUT2D eigenvalue weighted by Crippen LogP contribution is 2.41. The Morgan fingerprint density at radius 2 is 2.31 bits per heavy atom. The summed E-state index contributed by atoms with van der Waals surface area (Å²) in [6.07, 6.45) is 2.69. The molecule has 1 saturated carbocycles. The molecule has 2 rings (SSSR count). The Morgan fingerprint density at radius 3 is 2.88 bits per heavy atom. The van der Waals surface area contributed by atoms with E-state index < -0.39 is 5.97 Å². The van der Waals surface area contributed by atoms with Gasteiger partial charge in [0.2, 0.25) is 0 Å². The molecule has 0 bridgehead atoms. The van der Waals surface area contributed by atoms with Gasteiger partial charge < -0.3 is 15.8 Å². The SMILES string of the molecule is Nc1nc(=S)[nH]c(C2CC2)c1CCC(=O)O. The van der Waals surface area contributed by atoms with Crippen molar-refractivity contribution in [1.29, 1.82) is 0 Å². The Hall–Kier alpha value is -1.43. The van der Waals surface area contributed by atoms with Crippen molar-refractivity contribution in [2.45, 2.75) is 31.6 Å². The standard InChI is InChI=1S/C10H13N3O2S/c11-9-6(3-4-7(14)15)8(5-1-2-5)12-10(16)13-9/h5H,1-4H2,(H,14,15)(H3,11,12,13,16). The van der Waals surface area contributed by atoms with E-state index in [1.807, 2.05) is 0 Å². The maximum atomic E-state index is 10.6. The molecule has 0 unspecified atom stereocenters. The molecular formula is C10H13N3O2S. The lowest BCUT2D eigenvalue weighted by atomic mass is 10.1. The molecule has 1 aliphatic rings. The van der Waals surface area contributed by atoms with Gasteiger partial charge in [0, 0.05) is 17.7 Å².